The first-order chi connectivity index (χ1) is 14.0. The van der Waals surface area contributed by atoms with Crippen LogP contribution >= 0.6 is 0 Å². The molecule has 2 aromatic carbocycles. The lowest BCUT2D eigenvalue weighted by atomic mass is 10.1. The number of aromatic nitrogens is 1. The molecule has 0 radical (unpaired) electrons. The molecular weight excluding hydrogens is 379 g/mol. The van der Waals surface area contributed by atoms with E-state index in [4.69, 9.17) is 18.9 Å². The third-order valence-electron chi connectivity index (χ3n) is 4.21. The summed E-state index contributed by atoms with van der Waals surface area (Å²) in [6, 6.07) is 9.20. The average Bonchev–Trinajstić information content (AvgIpc) is 2.73. The zero-order valence-electron chi connectivity index (χ0n) is 16.5. The number of carbonyl (C=O) groups excluding carboxylic acids is 1. The summed E-state index contributed by atoms with van der Waals surface area (Å²) in [5.41, 5.74) is 0.478. The largest absolute Gasteiger partial charge is 0.493 e. The first kappa shape index (κ1) is 20.2. The van der Waals surface area contributed by atoms with E-state index in [9.17, 15) is 9.18 Å². The number of benzene rings is 2. The highest BCUT2D eigenvalue weighted by molar-refractivity contribution is 6.05. The van der Waals surface area contributed by atoms with Crippen molar-refractivity contribution in [3.63, 3.8) is 0 Å². The van der Waals surface area contributed by atoms with Gasteiger partial charge in [-0.2, -0.15) is 0 Å². The predicted octanol–water partition coefficient (Wildman–Crippen LogP) is 4.05. The van der Waals surface area contributed by atoms with Crippen LogP contribution in [-0.2, 0) is 0 Å². The van der Waals surface area contributed by atoms with Crippen molar-refractivity contribution in [2.75, 3.05) is 33.3 Å². The molecule has 29 heavy (non-hydrogen) atoms. The molecule has 0 saturated heterocycles. The number of ether oxygens (including phenoxy) is 4. The second-order valence-electron chi connectivity index (χ2n) is 5.94. The number of rotatable bonds is 7. The van der Waals surface area contributed by atoms with Gasteiger partial charge in [0.15, 0.2) is 11.5 Å². The summed E-state index contributed by atoms with van der Waals surface area (Å²) in [5, 5.41) is 3.21. The molecule has 1 heterocycles. The van der Waals surface area contributed by atoms with Crippen LogP contribution in [0.2, 0.25) is 0 Å². The van der Waals surface area contributed by atoms with Crippen molar-refractivity contribution >= 4 is 22.5 Å². The highest BCUT2D eigenvalue weighted by Crippen LogP contribution is 2.40. The van der Waals surface area contributed by atoms with Gasteiger partial charge in [-0.3, -0.25) is 4.79 Å². The second-order valence-corrected chi connectivity index (χ2v) is 5.94. The highest BCUT2D eigenvalue weighted by Gasteiger charge is 2.18. The van der Waals surface area contributed by atoms with E-state index in [1.807, 2.05) is 0 Å². The summed E-state index contributed by atoms with van der Waals surface area (Å²) in [7, 11) is 4.44. The number of fused-ring (bicyclic) bond motifs is 1. The molecule has 0 aliphatic heterocycles. The third kappa shape index (κ3) is 4.01. The van der Waals surface area contributed by atoms with Crippen LogP contribution in [0.15, 0.2) is 36.4 Å². The molecule has 3 rings (SSSR count). The quantitative estimate of drug-likeness (QED) is 0.645. The summed E-state index contributed by atoms with van der Waals surface area (Å²) in [6.07, 6.45) is 0. The van der Waals surface area contributed by atoms with Gasteiger partial charge in [-0.05, 0) is 19.1 Å². The van der Waals surface area contributed by atoms with Gasteiger partial charge in [0, 0.05) is 29.3 Å². The number of pyridine rings is 1. The Balaban J connectivity index is 2.01. The first-order valence-corrected chi connectivity index (χ1v) is 8.85. The van der Waals surface area contributed by atoms with E-state index < -0.39 is 11.7 Å². The number of carbonyl (C=O) groups is 1. The van der Waals surface area contributed by atoms with E-state index >= 15 is 0 Å². The molecule has 152 valence electrons. The lowest BCUT2D eigenvalue weighted by molar-refractivity contribution is 0.102. The smallest absolute Gasteiger partial charge is 0.274 e. The summed E-state index contributed by atoms with van der Waals surface area (Å²) >= 11 is 0. The first-order valence-electron chi connectivity index (χ1n) is 8.85. The van der Waals surface area contributed by atoms with E-state index in [-0.39, 0.29) is 11.2 Å². The van der Waals surface area contributed by atoms with E-state index in [1.54, 1.807) is 31.2 Å². The Morgan fingerprint density at radius 3 is 2.31 bits per heavy atom. The molecular formula is C21H21FN2O5. The van der Waals surface area contributed by atoms with Gasteiger partial charge in [0.1, 0.15) is 22.8 Å². The van der Waals surface area contributed by atoms with Crippen LogP contribution < -0.4 is 24.3 Å². The van der Waals surface area contributed by atoms with Crippen molar-refractivity contribution in [1.29, 1.82) is 0 Å². The Morgan fingerprint density at radius 1 is 1.03 bits per heavy atom. The van der Waals surface area contributed by atoms with Crippen LogP contribution in [0.5, 0.6) is 23.0 Å². The van der Waals surface area contributed by atoms with Crippen molar-refractivity contribution in [3.05, 3.63) is 47.9 Å². The van der Waals surface area contributed by atoms with Gasteiger partial charge in [0.25, 0.3) is 5.91 Å². The van der Waals surface area contributed by atoms with Gasteiger partial charge >= 0.3 is 0 Å². The molecule has 0 aliphatic carbocycles. The number of hydrogen-bond donors (Lipinski definition) is 1. The van der Waals surface area contributed by atoms with Crippen LogP contribution in [0.1, 0.15) is 17.4 Å². The fourth-order valence-corrected chi connectivity index (χ4v) is 2.92. The molecule has 0 fully saturated rings. The van der Waals surface area contributed by atoms with Gasteiger partial charge in [0.2, 0.25) is 5.75 Å². The SMILES string of the molecule is CCOc1cc(C(=O)Nc2cc(OC)c(OC)c(OC)c2)nc2c(F)cccc12. The zero-order valence-corrected chi connectivity index (χ0v) is 16.5. The number of nitrogens with zero attached hydrogens (tertiary/aromatic N) is 1. The van der Waals surface area contributed by atoms with E-state index in [0.29, 0.717) is 40.7 Å². The van der Waals surface area contributed by atoms with Gasteiger partial charge in [-0.15, -0.1) is 0 Å². The van der Waals surface area contributed by atoms with Crippen molar-refractivity contribution < 1.29 is 28.1 Å². The van der Waals surface area contributed by atoms with Crippen LogP contribution in [-0.4, -0.2) is 38.8 Å². The summed E-state index contributed by atoms with van der Waals surface area (Å²) in [5.74, 6) is 0.477. The van der Waals surface area contributed by atoms with E-state index in [2.05, 4.69) is 10.3 Å². The lowest BCUT2D eigenvalue weighted by Crippen LogP contribution is -2.15. The fraction of sp³-hybridized carbons (Fsp3) is 0.238. The van der Waals surface area contributed by atoms with E-state index in [0.717, 1.165) is 0 Å². The summed E-state index contributed by atoms with van der Waals surface area (Å²) < 4.78 is 35.7. The highest BCUT2D eigenvalue weighted by atomic mass is 19.1. The van der Waals surface area contributed by atoms with Gasteiger partial charge < -0.3 is 24.3 Å². The number of amides is 1. The number of nitrogens with one attached hydrogen (secondary N) is 1. The lowest BCUT2D eigenvalue weighted by Gasteiger charge is -2.15. The minimum absolute atomic E-state index is 0.0137. The van der Waals surface area contributed by atoms with Crippen molar-refractivity contribution in [2.24, 2.45) is 0 Å². The van der Waals surface area contributed by atoms with Crippen molar-refractivity contribution in [1.82, 2.24) is 4.98 Å². The maximum absolute atomic E-state index is 14.3. The Hall–Kier alpha value is -3.55. The minimum atomic E-state index is -0.537. The van der Waals surface area contributed by atoms with Crippen LogP contribution in [0.4, 0.5) is 10.1 Å². The topological polar surface area (TPSA) is 78.9 Å². The maximum atomic E-state index is 14.3. The van der Waals surface area contributed by atoms with Gasteiger partial charge in [-0.1, -0.05) is 6.07 Å². The molecule has 8 heteroatoms. The summed E-state index contributed by atoms with van der Waals surface area (Å²) in [4.78, 5) is 17.0. The number of anilines is 1. The van der Waals surface area contributed by atoms with Crippen LogP contribution in [0, 0.1) is 5.82 Å². The average molecular weight is 400 g/mol. The molecule has 0 unspecified atom stereocenters. The Labute approximate surface area is 167 Å². The summed E-state index contributed by atoms with van der Waals surface area (Å²) in [6.45, 7) is 2.17. The Bertz CT molecular complexity index is 1030. The van der Waals surface area contributed by atoms with E-state index in [1.165, 1.54) is 33.5 Å². The number of hydrogen-bond acceptors (Lipinski definition) is 6. The van der Waals surface area contributed by atoms with Gasteiger partial charge in [0.05, 0.1) is 27.9 Å². The molecule has 0 bridgehead atoms. The molecule has 1 aromatic heterocycles. The molecule has 0 aliphatic rings. The third-order valence-corrected chi connectivity index (χ3v) is 4.21. The standard InChI is InChI=1S/C21H21FN2O5/c1-5-29-16-11-15(24-19-13(16)7-6-8-14(19)22)21(25)23-12-9-17(26-2)20(28-4)18(10-12)27-3/h6-11H,5H2,1-4H3,(H,23,25). The second kappa shape index (κ2) is 8.64. The zero-order chi connectivity index (χ0) is 21.0. The molecule has 1 N–H and O–H groups in total. The molecule has 1 amide bonds. The van der Waals surface area contributed by atoms with Crippen molar-refractivity contribution in [2.45, 2.75) is 6.92 Å². The molecule has 7 nitrogen and oxygen atoms in total. The molecule has 3 aromatic rings. The molecule has 0 saturated carbocycles. The maximum Gasteiger partial charge on any atom is 0.274 e. The Kier molecular flexibility index (Phi) is 6.01. The fourth-order valence-electron chi connectivity index (χ4n) is 2.92. The molecule has 0 spiro atoms. The normalized spacial score (nSPS) is 10.5. The molecule has 0 atom stereocenters. The van der Waals surface area contributed by atoms with Crippen LogP contribution in [0.3, 0.4) is 0 Å². The number of methoxy groups -OCH3 is 3. The predicted molar refractivity (Wildman–Crippen MR) is 107 cm³/mol. The van der Waals surface area contributed by atoms with Gasteiger partial charge in [-0.25, -0.2) is 9.37 Å². The monoisotopic (exact) mass is 400 g/mol. The van der Waals surface area contributed by atoms with Crippen LogP contribution in [0.25, 0.3) is 10.9 Å². The number of halogens is 1. The Morgan fingerprint density at radius 2 is 1.72 bits per heavy atom. The minimum Gasteiger partial charge on any atom is -0.493 e. The van der Waals surface area contributed by atoms with Crippen molar-refractivity contribution in [3.8, 4) is 23.0 Å². The number of para-hydroxylation sites is 1.